The molecule has 1 heterocycles. The maximum atomic E-state index is 5.94. The van der Waals surface area contributed by atoms with Crippen LogP contribution < -0.4 is 15.4 Å². The van der Waals surface area contributed by atoms with Crippen molar-refractivity contribution in [1.29, 1.82) is 0 Å². The molecular formula is C15H24N2O. The average molecular weight is 248 g/mol. The Morgan fingerprint density at radius 2 is 2.17 bits per heavy atom. The zero-order valence-corrected chi connectivity index (χ0v) is 11.7. The van der Waals surface area contributed by atoms with Gasteiger partial charge in [0.05, 0.1) is 12.2 Å². The van der Waals surface area contributed by atoms with E-state index >= 15 is 0 Å². The van der Waals surface area contributed by atoms with Gasteiger partial charge in [0.2, 0.25) is 0 Å². The highest BCUT2D eigenvalue weighted by Crippen LogP contribution is 2.33. The van der Waals surface area contributed by atoms with Crippen LogP contribution in [0.2, 0.25) is 0 Å². The van der Waals surface area contributed by atoms with Gasteiger partial charge in [-0.25, -0.2) is 0 Å². The molecule has 0 fully saturated rings. The number of anilines is 1. The maximum Gasteiger partial charge on any atom is 0.143 e. The van der Waals surface area contributed by atoms with E-state index in [1.165, 1.54) is 12.0 Å². The molecule has 3 nitrogen and oxygen atoms in total. The fraction of sp³-hybridized carbons (Fsp3) is 0.600. The Kier molecular flexibility index (Phi) is 4.12. The number of rotatable bonds is 5. The van der Waals surface area contributed by atoms with Crippen molar-refractivity contribution in [3.05, 3.63) is 23.8 Å². The summed E-state index contributed by atoms with van der Waals surface area (Å²) in [6.07, 6.45) is 2.26. The Bertz CT molecular complexity index is 401. The van der Waals surface area contributed by atoms with Crippen molar-refractivity contribution in [1.82, 2.24) is 5.32 Å². The summed E-state index contributed by atoms with van der Waals surface area (Å²) in [4.78, 5) is 0. The first-order valence-electron chi connectivity index (χ1n) is 6.87. The van der Waals surface area contributed by atoms with Gasteiger partial charge in [-0.3, -0.25) is 0 Å². The summed E-state index contributed by atoms with van der Waals surface area (Å²) >= 11 is 0. The molecule has 2 rings (SSSR count). The topological polar surface area (TPSA) is 33.3 Å². The highest BCUT2D eigenvalue weighted by Gasteiger charge is 2.25. The van der Waals surface area contributed by atoms with Crippen LogP contribution in [-0.2, 0) is 6.42 Å². The molecule has 1 aliphatic rings. The number of benzene rings is 1. The highest BCUT2D eigenvalue weighted by molar-refractivity contribution is 5.60. The molecule has 0 saturated carbocycles. The van der Waals surface area contributed by atoms with Crippen molar-refractivity contribution in [2.75, 3.05) is 25.0 Å². The predicted octanol–water partition coefficient (Wildman–Crippen LogP) is 2.81. The molecule has 0 saturated heterocycles. The van der Waals surface area contributed by atoms with Gasteiger partial charge in [-0.15, -0.1) is 0 Å². The van der Waals surface area contributed by atoms with E-state index in [0.717, 1.165) is 37.5 Å². The molecule has 0 unspecified atom stereocenters. The summed E-state index contributed by atoms with van der Waals surface area (Å²) < 4.78 is 5.94. The second-order valence-corrected chi connectivity index (χ2v) is 5.55. The van der Waals surface area contributed by atoms with Crippen LogP contribution in [0.3, 0.4) is 0 Å². The molecule has 0 radical (unpaired) electrons. The van der Waals surface area contributed by atoms with Gasteiger partial charge in [-0.05, 0) is 57.5 Å². The molecule has 0 bridgehead atoms. The molecule has 0 aromatic heterocycles. The van der Waals surface area contributed by atoms with Crippen LogP contribution in [0.4, 0.5) is 5.69 Å². The molecule has 0 aliphatic carbocycles. The Balaban J connectivity index is 1.96. The minimum atomic E-state index is -0.114. The van der Waals surface area contributed by atoms with Crippen molar-refractivity contribution < 1.29 is 4.74 Å². The first-order chi connectivity index (χ1) is 8.61. The minimum absolute atomic E-state index is 0.114. The molecule has 100 valence electrons. The Hall–Kier alpha value is -1.22. The van der Waals surface area contributed by atoms with Gasteiger partial charge in [0.15, 0.2) is 0 Å². The van der Waals surface area contributed by atoms with Gasteiger partial charge in [0.1, 0.15) is 11.4 Å². The second-order valence-electron chi connectivity index (χ2n) is 5.55. The fourth-order valence-electron chi connectivity index (χ4n) is 2.14. The SMILES string of the molecule is CCCNCCc1ccc2c(c1)NCC(C)(C)O2. The third-order valence-corrected chi connectivity index (χ3v) is 3.15. The molecular weight excluding hydrogens is 224 g/mol. The van der Waals surface area contributed by atoms with Crippen molar-refractivity contribution >= 4 is 5.69 Å². The highest BCUT2D eigenvalue weighted by atomic mass is 16.5. The summed E-state index contributed by atoms with van der Waals surface area (Å²) in [7, 11) is 0. The lowest BCUT2D eigenvalue weighted by Crippen LogP contribution is -2.40. The number of ether oxygens (including phenoxy) is 1. The fourth-order valence-corrected chi connectivity index (χ4v) is 2.14. The first-order valence-corrected chi connectivity index (χ1v) is 6.87. The summed E-state index contributed by atoms with van der Waals surface area (Å²) in [5.41, 5.74) is 2.37. The van der Waals surface area contributed by atoms with Crippen LogP contribution in [0.15, 0.2) is 18.2 Å². The van der Waals surface area contributed by atoms with Crippen LogP contribution in [0.1, 0.15) is 32.8 Å². The lowest BCUT2D eigenvalue weighted by atomic mass is 10.0. The molecule has 0 amide bonds. The summed E-state index contributed by atoms with van der Waals surface area (Å²) in [5, 5.41) is 6.87. The third kappa shape index (κ3) is 3.39. The molecule has 1 aromatic rings. The molecule has 0 atom stereocenters. The normalized spacial score (nSPS) is 16.6. The lowest BCUT2D eigenvalue weighted by Gasteiger charge is -2.33. The Morgan fingerprint density at radius 3 is 2.94 bits per heavy atom. The van der Waals surface area contributed by atoms with Gasteiger partial charge < -0.3 is 15.4 Å². The van der Waals surface area contributed by atoms with Crippen LogP contribution in [-0.4, -0.2) is 25.2 Å². The lowest BCUT2D eigenvalue weighted by molar-refractivity contribution is 0.116. The Labute approximate surface area is 110 Å². The van der Waals surface area contributed by atoms with Gasteiger partial charge in [-0.1, -0.05) is 13.0 Å². The quantitative estimate of drug-likeness (QED) is 0.786. The van der Waals surface area contributed by atoms with E-state index in [1.807, 2.05) is 0 Å². The molecule has 18 heavy (non-hydrogen) atoms. The van der Waals surface area contributed by atoms with Crippen LogP contribution in [0, 0.1) is 0 Å². The zero-order valence-electron chi connectivity index (χ0n) is 11.7. The van der Waals surface area contributed by atoms with E-state index in [4.69, 9.17) is 4.74 Å². The molecule has 1 aliphatic heterocycles. The smallest absolute Gasteiger partial charge is 0.143 e. The van der Waals surface area contributed by atoms with Crippen LogP contribution in [0.5, 0.6) is 5.75 Å². The van der Waals surface area contributed by atoms with E-state index in [1.54, 1.807) is 0 Å². The van der Waals surface area contributed by atoms with Crippen molar-refractivity contribution in [3.63, 3.8) is 0 Å². The average Bonchev–Trinajstić information content (AvgIpc) is 2.34. The molecule has 1 aromatic carbocycles. The molecule has 0 spiro atoms. The number of hydrogen-bond donors (Lipinski definition) is 2. The first kappa shape index (κ1) is 13.2. The summed E-state index contributed by atoms with van der Waals surface area (Å²) in [6, 6.07) is 6.45. The van der Waals surface area contributed by atoms with Crippen LogP contribution in [0.25, 0.3) is 0 Å². The summed E-state index contributed by atoms with van der Waals surface area (Å²) in [5.74, 6) is 0.969. The number of nitrogens with one attached hydrogen (secondary N) is 2. The van der Waals surface area contributed by atoms with E-state index in [9.17, 15) is 0 Å². The van der Waals surface area contributed by atoms with Crippen molar-refractivity contribution in [2.45, 2.75) is 39.2 Å². The van der Waals surface area contributed by atoms with Crippen molar-refractivity contribution in [3.8, 4) is 5.75 Å². The van der Waals surface area contributed by atoms with E-state index in [2.05, 4.69) is 49.6 Å². The standard InChI is InChI=1S/C15H24N2O/c1-4-8-16-9-7-12-5-6-14-13(10-12)17-11-15(2,3)18-14/h5-6,10,16-17H,4,7-9,11H2,1-3H3. The van der Waals surface area contributed by atoms with Gasteiger partial charge in [-0.2, -0.15) is 0 Å². The van der Waals surface area contributed by atoms with Crippen LogP contribution >= 0.6 is 0 Å². The Morgan fingerprint density at radius 1 is 1.33 bits per heavy atom. The van der Waals surface area contributed by atoms with E-state index < -0.39 is 0 Å². The minimum Gasteiger partial charge on any atom is -0.484 e. The second kappa shape index (κ2) is 5.61. The number of fused-ring (bicyclic) bond motifs is 1. The van der Waals surface area contributed by atoms with Gasteiger partial charge >= 0.3 is 0 Å². The van der Waals surface area contributed by atoms with Gasteiger partial charge in [0.25, 0.3) is 0 Å². The molecule has 3 heteroatoms. The zero-order chi connectivity index (χ0) is 13.0. The van der Waals surface area contributed by atoms with E-state index in [0.29, 0.717) is 0 Å². The number of hydrogen-bond acceptors (Lipinski definition) is 3. The summed E-state index contributed by atoms with van der Waals surface area (Å²) in [6.45, 7) is 9.39. The van der Waals surface area contributed by atoms with E-state index in [-0.39, 0.29) is 5.60 Å². The monoisotopic (exact) mass is 248 g/mol. The largest absolute Gasteiger partial charge is 0.484 e. The van der Waals surface area contributed by atoms with Gasteiger partial charge in [0, 0.05) is 0 Å². The maximum absolute atomic E-state index is 5.94. The third-order valence-electron chi connectivity index (χ3n) is 3.15. The van der Waals surface area contributed by atoms with Crippen molar-refractivity contribution in [2.24, 2.45) is 0 Å². The predicted molar refractivity (Wildman–Crippen MR) is 76.5 cm³/mol. The molecule has 2 N–H and O–H groups in total.